The number of likely N-dealkylation sites (N-methyl/N-ethyl adjacent to an activating group) is 1. The molecule has 148 valence electrons. The number of nitrogens with zero attached hydrogens (tertiary/aromatic N) is 2. The summed E-state index contributed by atoms with van der Waals surface area (Å²) in [6.07, 6.45) is 2.28. The van der Waals surface area contributed by atoms with Gasteiger partial charge in [0, 0.05) is 37.4 Å². The molecular weight excluding hydrogens is 366 g/mol. The number of amides is 2. The van der Waals surface area contributed by atoms with Crippen molar-refractivity contribution in [2.45, 2.75) is 25.3 Å². The molecule has 0 aliphatic carbocycles. The fraction of sp³-hybridized carbons (Fsp3) is 0.600. The van der Waals surface area contributed by atoms with E-state index in [0.717, 1.165) is 18.4 Å². The van der Waals surface area contributed by atoms with E-state index >= 15 is 0 Å². The van der Waals surface area contributed by atoms with E-state index in [0.29, 0.717) is 44.3 Å². The van der Waals surface area contributed by atoms with E-state index in [9.17, 15) is 9.59 Å². The number of carbonyl (C=O) groups excluding carboxylic acids is 2. The number of ether oxygens (including phenoxy) is 1. The highest BCUT2D eigenvalue weighted by Crippen LogP contribution is 2.35. The molecule has 2 heterocycles. The summed E-state index contributed by atoms with van der Waals surface area (Å²) in [5.41, 5.74) is 0.481. The zero-order valence-electron chi connectivity index (χ0n) is 16.0. The number of hydrogen-bond acceptors (Lipinski definition) is 4. The zero-order valence-corrected chi connectivity index (χ0v) is 16.8. The number of nitrogens with one attached hydrogen (secondary N) is 1. The van der Waals surface area contributed by atoms with Crippen LogP contribution in [-0.4, -0.2) is 74.6 Å². The zero-order chi connectivity index (χ0) is 19.4. The van der Waals surface area contributed by atoms with Crippen molar-refractivity contribution in [2.24, 2.45) is 5.41 Å². The Labute approximate surface area is 165 Å². The quantitative estimate of drug-likeness (QED) is 0.796. The molecule has 2 fully saturated rings. The van der Waals surface area contributed by atoms with Crippen molar-refractivity contribution in [3.63, 3.8) is 0 Å². The maximum absolute atomic E-state index is 13.2. The maximum Gasteiger partial charge on any atom is 0.236 e. The van der Waals surface area contributed by atoms with E-state index < -0.39 is 5.41 Å². The first-order chi connectivity index (χ1) is 12.9. The molecule has 0 aromatic heterocycles. The molecule has 2 amide bonds. The number of hydrogen-bond donors (Lipinski definition) is 1. The Morgan fingerprint density at radius 1 is 1.22 bits per heavy atom. The minimum absolute atomic E-state index is 0.0400. The Morgan fingerprint density at radius 2 is 1.85 bits per heavy atom. The molecule has 0 saturated carbocycles. The molecule has 0 bridgehead atoms. The highest BCUT2D eigenvalue weighted by atomic mass is 35.5. The predicted octanol–water partition coefficient (Wildman–Crippen LogP) is 1.57. The molecule has 0 radical (unpaired) electrons. The fourth-order valence-electron chi connectivity index (χ4n) is 3.74. The van der Waals surface area contributed by atoms with Crippen molar-refractivity contribution in [3.8, 4) is 0 Å². The molecule has 2 saturated heterocycles. The lowest BCUT2D eigenvalue weighted by Crippen LogP contribution is -2.67. The summed E-state index contributed by atoms with van der Waals surface area (Å²) in [5.74, 6) is 0.101. The average Bonchev–Trinajstić information content (AvgIpc) is 2.59. The maximum atomic E-state index is 13.2. The third kappa shape index (κ3) is 5.00. The predicted molar refractivity (Wildman–Crippen MR) is 105 cm³/mol. The molecule has 0 unspecified atom stereocenters. The van der Waals surface area contributed by atoms with Crippen LogP contribution in [0, 0.1) is 5.41 Å². The minimum Gasteiger partial charge on any atom is -0.381 e. The second-order valence-electron chi connectivity index (χ2n) is 7.93. The highest BCUT2D eigenvalue weighted by molar-refractivity contribution is 6.30. The van der Waals surface area contributed by atoms with E-state index in [2.05, 4.69) is 5.32 Å². The molecule has 1 aromatic carbocycles. The van der Waals surface area contributed by atoms with Gasteiger partial charge < -0.3 is 19.9 Å². The number of likely N-dealkylation sites (tertiary alicyclic amines) is 1. The van der Waals surface area contributed by atoms with Crippen molar-refractivity contribution in [1.82, 2.24) is 15.1 Å². The topological polar surface area (TPSA) is 61.9 Å². The molecule has 1 N–H and O–H groups in total. The van der Waals surface area contributed by atoms with Gasteiger partial charge in [-0.05, 0) is 51.1 Å². The van der Waals surface area contributed by atoms with Gasteiger partial charge in [-0.3, -0.25) is 9.59 Å². The van der Waals surface area contributed by atoms with Crippen LogP contribution in [0.5, 0.6) is 0 Å². The minimum atomic E-state index is -0.575. The van der Waals surface area contributed by atoms with Gasteiger partial charge in [-0.25, -0.2) is 0 Å². The Balaban J connectivity index is 1.70. The summed E-state index contributed by atoms with van der Waals surface area (Å²) >= 11 is 5.99. The van der Waals surface area contributed by atoms with Crippen LogP contribution in [0.1, 0.15) is 18.4 Å². The number of halogens is 1. The third-order valence-electron chi connectivity index (χ3n) is 5.29. The monoisotopic (exact) mass is 393 g/mol. The third-order valence-corrected chi connectivity index (χ3v) is 5.54. The smallest absolute Gasteiger partial charge is 0.236 e. The second-order valence-corrected chi connectivity index (χ2v) is 8.37. The average molecular weight is 394 g/mol. The van der Waals surface area contributed by atoms with E-state index in [-0.39, 0.29) is 17.9 Å². The van der Waals surface area contributed by atoms with Gasteiger partial charge in [-0.15, -0.1) is 0 Å². The van der Waals surface area contributed by atoms with Crippen molar-refractivity contribution in [3.05, 3.63) is 34.9 Å². The van der Waals surface area contributed by atoms with Crippen LogP contribution in [0.3, 0.4) is 0 Å². The summed E-state index contributed by atoms with van der Waals surface area (Å²) in [6.45, 7) is 2.64. The number of benzene rings is 1. The van der Waals surface area contributed by atoms with Crippen molar-refractivity contribution < 1.29 is 14.3 Å². The van der Waals surface area contributed by atoms with Crippen molar-refractivity contribution in [1.29, 1.82) is 0 Å². The first kappa shape index (κ1) is 20.1. The molecule has 1 aromatic rings. The van der Waals surface area contributed by atoms with Crippen molar-refractivity contribution in [2.75, 3.05) is 46.9 Å². The van der Waals surface area contributed by atoms with Gasteiger partial charge in [0.05, 0.1) is 12.0 Å². The van der Waals surface area contributed by atoms with Crippen LogP contribution in [0.25, 0.3) is 0 Å². The normalized spacial score (nSPS) is 19.6. The standard InChI is InChI=1S/C20H28ClN3O3/c1-23(2)12-18(25)24-13-20(14-24,11-15-3-5-16(21)6-4-15)19(26)22-17-7-9-27-10-8-17/h3-6,17H,7-14H2,1-2H3,(H,22,26). The number of rotatable bonds is 6. The van der Waals surface area contributed by atoms with E-state index in [1.165, 1.54) is 0 Å². The Bertz CT molecular complexity index is 666. The van der Waals surface area contributed by atoms with Gasteiger partial charge in [-0.2, -0.15) is 0 Å². The number of carbonyl (C=O) groups is 2. The summed E-state index contributed by atoms with van der Waals surface area (Å²) in [4.78, 5) is 29.1. The van der Waals surface area contributed by atoms with Gasteiger partial charge >= 0.3 is 0 Å². The summed E-state index contributed by atoms with van der Waals surface area (Å²) in [7, 11) is 3.74. The first-order valence-corrected chi connectivity index (χ1v) is 9.81. The Morgan fingerprint density at radius 3 is 2.44 bits per heavy atom. The highest BCUT2D eigenvalue weighted by Gasteiger charge is 2.51. The molecule has 3 rings (SSSR count). The molecule has 7 heteroatoms. The van der Waals surface area contributed by atoms with Crippen LogP contribution in [0.2, 0.25) is 5.02 Å². The summed E-state index contributed by atoms with van der Waals surface area (Å²) in [6, 6.07) is 7.75. The fourth-order valence-corrected chi connectivity index (χ4v) is 3.87. The Kier molecular flexibility index (Phi) is 6.40. The van der Waals surface area contributed by atoms with Crippen molar-refractivity contribution >= 4 is 23.4 Å². The first-order valence-electron chi connectivity index (χ1n) is 9.44. The van der Waals surface area contributed by atoms with E-state index in [1.54, 1.807) is 4.90 Å². The lowest BCUT2D eigenvalue weighted by molar-refractivity contribution is -0.154. The molecule has 27 heavy (non-hydrogen) atoms. The molecule has 2 aliphatic heterocycles. The molecule has 0 spiro atoms. The van der Waals surface area contributed by atoms with Gasteiger partial charge in [0.2, 0.25) is 11.8 Å². The van der Waals surface area contributed by atoms with Crippen LogP contribution in [-0.2, 0) is 20.7 Å². The second kappa shape index (κ2) is 8.59. The van der Waals surface area contributed by atoms with Gasteiger partial charge in [0.25, 0.3) is 0 Å². The van der Waals surface area contributed by atoms with Gasteiger partial charge in [0.1, 0.15) is 0 Å². The van der Waals surface area contributed by atoms with Gasteiger partial charge in [-0.1, -0.05) is 23.7 Å². The SMILES string of the molecule is CN(C)CC(=O)N1CC(Cc2ccc(Cl)cc2)(C(=O)NC2CCOCC2)C1. The van der Waals surface area contributed by atoms with Crippen LogP contribution in [0.15, 0.2) is 24.3 Å². The van der Waals surface area contributed by atoms with Crippen LogP contribution in [0.4, 0.5) is 0 Å². The lowest BCUT2D eigenvalue weighted by Gasteiger charge is -2.49. The van der Waals surface area contributed by atoms with Crippen LogP contribution < -0.4 is 5.32 Å². The Hall–Kier alpha value is -1.63. The molecular formula is C20H28ClN3O3. The van der Waals surface area contributed by atoms with E-state index in [4.69, 9.17) is 16.3 Å². The molecule has 2 aliphatic rings. The molecule has 6 nitrogen and oxygen atoms in total. The van der Waals surface area contributed by atoms with E-state index in [1.807, 2.05) is 43.3 Å². The summed E-state index contributed by atoms with van der Waals surface area (Å²) in [5, 5.41) is 3.88. The van der Waals surface area contributed by atoms with Crippen LogP contribution >= 0.6 is 11.6 Å². The molecule has 0 atom stereocenters. The largest absolute Gasteiger partial charge is 0.381 e. The lowest BCUT2D eigenvalue weighted by atomic mass is 9.73. The summed E-state index contributed by atoms with van der Waals surface area (Å²) < 4.78 is 5.38. The van der Waals surface area contributed by atoms with Gasteiger partial charge in [0.15, 0.2) is 0 Å².